The summed E-state index contributed by atoms with van der Waals surface area (Å²) < 4.78 is 2.15. The van der Waals surface area contributed by atoms with Crippen molar-refractivity contribution in [2.45, 2.75) is 13.0 Å². The Morgan fingerprint density at radius 3 is 2.70 bits per heavy atom. The van der Waals surface area contributed by atoms with Gasteiger partial charge in [-0.15, -0.1) is 0 Å². The third kappa shape index (κ3) is 0.685. The molecule has 1 fully saturated rings. The first-order valence-corrected chi connectivity index (χ1v) is 3.52. The molecule has 2 heterocycles. The summed E-state index contributed by atoms with van der Waals surface area (Å²) in [5.41, 5.74) is 1.26. The maximum atomic E-state index is 3.90. The minimum Gasteiger partial charge on any atom is -0.311 e. The van der Waals surface area contributed by atoms with Crippen molar-refractivity contribution in [3.63, 3.8) is 0 Å². The van der Waals surface area contributed by atoms with Gasteiger partial charge in [0.15, 0.2) is 12.4 Å². The van der Waals surface area contributed by atoms with Gasteiger partial charge in [0.25, 0.3) is 0 Å². The van der Waals surface area contributed by atoms with Crippen molar-refractivity contribution in [2.75, 3.05) is 6.67 Å². The summed E-state index contributed by atoms with van der Waals surface area (Å²) in [7, 11) is 0. The minimum atomic E-state index is 0.599. The molecule has 0 amide bonds. The standard InChI is InChI=1S/C8H11N2/c1-7-8(2)10(7)6-9-4-3-5-9/h3-5,8H,1,6H2,2H3/q+1. The average Bonchev–Trinajstić information content (AvgIpc) is 2.34. The molecule has 0 N–H and O–H groups in total. The molecule has 0 aliphatic carbocycles. The molecule has 2 aliphatic rings. The predicted molar refractivity (Wildman–Crippen MR) is 40.8 cm³/mol. The average molecular weight is 135 g/mol. The van der Waals surface area contributed by atoms with Gasteiger partial charge in [-0.05, 0) is 6.92 Å². The Labute approximate surface area is 60.8 Å². The molecule has 0 spiro atoms. The Morgan fingerprint density at radius 2 is 2.40 bits per heavy atom. The summed E-state index contributed by atoms with van der Waals surface area (Å²) >= 11 is 0. The quantitative estimate of drug-likeness (QED) is 0.400. The van der Waals surface area contributed by atoms with E-state index < -0.39 is 0 Å². The smallest absolute Gasteiger partial charge is 0.224 e. The third-order valence-corrected chi connectivity index (χ3v) is 2.12. The highest BCUT2D eigenvalue weighted by Gasteiger charge is 2.37. The van der Waals surface area contributed by atoms with Crippen LogP contribution in [0.25, 0.3) is 0 Å². The lowest BCUT2D eigenvalue weighted by atomic mass is 10.5. The van der Waals surface area contributed by atoms with E-state index in [1.165, 1.54) is 5.70 Å². The van der Waals surface area contributed by atoms with Crippen LogP contribution in [0, 0.1) is 0 Å². The van der Waals surface area contributed by atoms with Crippen LogP contribution in [-0.4, -0.2) is 28.4 Å². The molecule has 0 radical (unpaired) electrons. The Morgan fingerprint density at radius 1 is 1.80 bits per heavy atom. The van der Waals surface area contributed by atoms with Crippen molar-refractivity contribution in [3.05, 3.63) is 24.6 Å². The van der Waals surface area contributed by atoms with Crippen LogP contribution in [0.1, 0.15) is 6.92 Å². The molecule has 10 heavy (non-hydrogen) atoms. The first-order valence-electron chi connectivity index (χ1n) is 3.52. The highest BCUT2D eigenvalue weighted by Crippen LogP contribution is 2.29. The summed E-state index contributed by atoms with van der Waals surface area (Å²) in [5, 5.41) is 0. The third-order valence-electron chi connectivity index (χ3n) is 2.12. The second-order valence-electron chi connectivity index (χ2n) is 2.78. The number of hydrogen-bond donors (Lipinski definition) is 0. The van der Waals surface area contributed by atoms with Gasteiger partial charge in [0, 0.05) is 5.70 Å². The maximum absolute atomic E-state index is 3.90. The maximum Gasteiger partial charge on any atom is 0.224 e. The number of rotatable bonds is 2. The fraction of sp³-hybridized carbons (Fsp3) is 0.375. The van der Waals surface area contributed by atoms with Crippen LogP contribution in [-0.2, 0) is 0 Å². The van der Waals surface area contributed by atoms with Gasteiger partial charge in [-0.3, -0.25) is 0 Å². The van der Waals surface area contributed by atoms with Crippen molar-refractivity contribution >= 4 is 6.21 Å². The molecule has 0 aromatic carbocycles. The zero-order valence-electron chi connectivity index (χ0n) is 6.12. The summed E-state index contributed by atoms with van der Waals surface area (Å²) in [6.45, 7) is 7.06. The molecule has 2 nitrogen and oxygen atoms in total. The molecular formula is C8H11N2+. The topological polar surface area (TPSA) is 6.02 Å². The first-order chi connectivity index (χ1) is 4.79. The normalized spacial score (nSPS) is 28.1. The molecule has 0 aromatic rings. The Balaban J connectivity index is 1.88. The van der Waals surface area contributed by atoms with Gasteiger partial charge in [0.1, 0.15) is 0 Å². The Bertz CT molecular complexity index is 238. The van der Waals surface area contributed by atoms with Crippen molar-refractivity contribution in [1.82, 2.24) is 4.90 Å². The van der Waals surface area contributed by atoms with Crippen LogP contribution in [0.5, 0.6) is 0 Å². The van der Waals surface area contributed by atoms with Gasteiger partial charge in [-0.2, -0.15) is 4.58 Å². The lowest BCUT2D eigenvalue weighted by Gasteiger charge is -2.01. The molecule has 1 unspecified atom stereocenters. The molecule has 1 atom stereocenters. The predicted octanol–water partition coefficient (Wildman–Crippen LogP) is 0.772. The first kappa shape index (κ1) is 5.71. The number of nitrogens with zero attached hydrogens (tertiary/aromatic N) is 2. The number of allylic oxidation sites excluding steroid dienone is 1. The molecular weight excluding hydrogens is 124 g/mol. The zero-order chi connectivity index (χ0) is 7.14. The largest absolute Gasteiger partial charge is 0.311 e. The van der Waals surface area contributed by atoms with Gasteiger partial charge in [-0.1, -0.05) is 6.58 Å². The van der Waals surface area contributed by atoms with Crippen LogP contribution < -0.4 is 0 Å². The lowest BCUT2D eigenvalue weighted by Crippen LogP contribution is -2.19. The molecule has 1 saturated heterocycles. The summed E-state index contributed by atoms with van der Waals surface area (Å²) in [5.74, 6) is 0. The molecule has 0 bridgehead atoms. The Hall–Kier alpha value is -1.05. The van der Waals surface area contributed by atoms with Gasteiger partial charge in [0.2, 0.25) is 6.67 Å². The van der Waals surface area contributed by atoms with E-state index in [-0.39, 0.29) is 0 Å². The van der Waals surface area contributed by atoms with E-state index >= 15 is 0 Å². The molecule has 2 heteroatoms. The highest BCUT2D eigenvalue weighted by atomic mass is 15.4. The van der Waals surface area contributed by atoms with E-state index in [1.54, 1.807) is 0 Å². The lowest BCUT2D eigenvalue weighted by molar-refractivity contribution is -0.478. The van der Waals surface area contributed by atoms with E-state index in [1.807, 2.05) is 6.08 Å². The van der Waals surface area contributed by atoms with E-state index in [9.17, 15) is 0 Å². The second-order valence-corrected chi connectivity index (χ2v) is 2.78. The molecule has 0 saturated carbocycles. The summed E-state index contributed by atoms with van der Waals surface area (Å²) in [6.07, 6.45) is 6.17. The van der Waals surface area contributed by atoms with Crippen LogP contribution in [0.4, 0.5) is 0 Å². The van der Waals surface area contributed by atoms with Gasteiger partial charge in [0.05, 0.1) is 12.1 Å². The van der Waals surface area contributed by atoms with E-state index in [4.69, 9.17) is 0 Å². The summed E-state index contributed by atoms with van der Waals surface area (Å²) in [4.78, 5) is 2.26. The fourth-order valence-electron chi connectivity index (χ4n) is 1.10. The second kappa shape index (κ2) is 1.72. The van der Waals surface area contributed by atoms with Crippen molar-refractivity contribution in [1.29, 1.82) is 0 Å². The van der Waals surface area contributed by atoms with Gasteiger partial charge >= 0.3 is 0 Å². The minimum absolute atomic E-state index is 0.599. The van der Waals surface area contributed by atoms with Crippen LogP contribution >= 0.6 is 0 Å². The van der Waals surface area contributed by atoms with Crippen molar-refractivity contribution in [3.8, 4) is 0 Å². The Kier molecular flexibility index (Phi) is 0.982. The summed E-state index contributed by atoms with van der Waals surface area (Å²) in [6, 6.07) is 0.599. The van der Waals surface area contributed by atoms with Crippen LogP contribution in [0.2, 0.25) is 0 Å². The fourth-order valence-corrected chi connectivity index (χ4v) is 1.10. The van der Waals surface area contributed by atoms with E-state index in [0.717, 1.165) is 6.67 Å². The highest BCUT2D eigenvalue weighted by molar-refractivity contribution is 5.69. The zero-order valence-corrected chi connectivity index (χ0v) is 6.12. The molecule has 2 aliphatic heterocycles. The van der Waals surface area contributed by atoms with E-state index in [2.05, 4.69) is 35.4 Å². The SMILES string of the molecule is C=C1C(C)N1C[N+]1=CC=C1. The molecule has 2 rings (SSSR count). The van der Waals surface area contributed by atoms with Gasteiger partial charge in [-0.25, -0.2) is 0 Å². The van der Waals surface area contributed by atoms with Gasteiger partial charge < -0.3 is 4.90 Å². The number of hydrogen-bond acceptors (Lipinski definition) is 1. The van der Waals surface area contributed by atoms with Crippen molar-refractivity contribution < 1.29 is 4.58 Å². The molecule has 0 aromatic heterocycles. The monoisotopic (exact) mass is 135 g/mol. The molecule has 52 valence electrons. The van der Waals surface area contributed by atoms with E-state index in [0.29, 0.717) is 6.04 Å². The van der Waals surface area contributed by atoms with Crippen LogP contribution in [0.15, 0.2) is 24.6 Å². The van der Waals surface area contributed by atoms with Crippen LogP contribution in [0.3, 0.4) is 0 Å². The van der Waals surface area contributed by atoms with Crippen molar-refractivity contribution in [2.24, 2.45) is 0 Å².